The highest BCUT2D eigenvalue weighted by Crippen LogP contribution is 2.08. The van der Waals surface area contributed by atoms with Crippen LogP contribution in [-0.2, 0) is 15.9 Å². The van der Waals surface area contributed by atoms with Gasteiger partial charge in [-0.15, -0.1) is 0 Å². The Labute approximate surface area is 155 Å². The van der Waals surface area contributed by atoms with Crippen LogP contribution in [0, 0.1) is 0 Å². The van der Waals surface area contributed by atoms with Crippen LogP contribution in [0.1, 0.15) is 12.0 Å². The standard InChI is InChI=1S/C19H29N5O2/c1-20-19(21-10-4-14-26-16-15-25-2)22-12-9-17-5-7-18(8-6-17)24-13-3-11-23-24/h3,5-8,11,13H,4,9-10,12,14-16H2,1-2H3,(H2,20,21,22). The molecular formula is C19H29N5O2. The molecule has 0 unspecified atom stereocenters. The average molecular weight is 359 g/mol. The van der Waals surface area contributed by atoms with Crippen molar-refractivity contribution in [2.75, 3.05) is 47.1 Å². The number of aliphatic imine (C=N–C) groups is 1. The fraction of sp³-hybridized carbons (Fsp3) is 0.474. The topological polar surface area (TPSA) is 72.7 Å². The van der Waals surface area contributed by atoms with Gasteiger partial charge in [-0.1, -0.05) is 12.1 Å². The highest BCUT2D eigenvalue weighted by atomic mass is 16.5. The third-order valence-electron chi connectivity index (χ3n) is 3.82. The van der Waals surface area contributed by atoms with E-state index in [2.05, 4.69) is 45.0 Å². The Morgan fingerprint density at radius 1 is 1.12 bits per heavy atom. The molecule has 142 valence electrons. The molecule has 26 heavy (non-hydrogen) atoms. The van der Waals surface area contributed by atoms with Crippen LogP contribution in [0.25, 0.3) is 5.69 Å². The lowest BCUT2D eigenvalue weighted by molar-refractivity contribution is 0.0698. The molecule has 7 heteroatoms. The van der Waals surface area contributed by atoms with Crippen molar-refractivity contribution < 1.29 is 9.47 Å². The summed E-state index contributed by atoms with van der Waals surface area (Å²) in [6, 6.07) is 10.3. The first kappa shape index (κ1) is 19.9. The molecule has 0 spiro atoms. The number of aromatic nitrogens is 2. The molecule has 2 rings (SSSR count). The number of rotatable bonds is 11. The zero-order valence-electron chi connectivity index (χ0n) is 15.6. The lowest BCUT2D eigenvalue weighted by Crippen LogP contribution is -2.39. The maximum absolute atomic E-state index is 5.43. The van der Waals surface area contributed by atoms with Crippen molar-refractivity contribution in [3.63, 3.8) is 0 Å². The maximum Gasteiger partial charge on any atom is 0.190 e. The first-order valence-corrected chi connectivity index (χ1v) is 8.93. The van der Waals surface area contributed by atoms with Crippen LogP contribution in [0.5, 0.6) is 0 Å². The van der Waals surface area contributed by atoms with Crippen LogP contribution in [-0.4, -0.2) is 62.8 Å². The third kappa shape index (κ3) is 7.25. The van der Waals surface area contributed by atoms with Crippen molar-refractivity contribution in [2.45, 2.75) is 12.8 Å². The summed E-state index contributed by atoms with van der Waals surface area (Å²) in [5, 5.41) is 10.9. The van der Waals surface area contributed by atoms with Gasteiger partial charge in [-0.05, 0) is 36.6 Å². The molecule has 2 N–H and O–H groups in total. The van der Waals surface area contributed by atoms with Crippen LogP contribution in [0.15, 0.2) is 47.7 Å². The number of guanidine groups is 1. The lowest BCUT2D eigenvalue weighted by Gasteiger charge is -2.12. The van der Waals surface area contributed by atoms with E-state index >= 15 is 0 Å². The molecule has 0 aliphatic heterocycles. The van der Waals surface area contributed by atoms with E-state index in [4.69, 9.17) is 9.47 Å². The second kappa shape index (κ2) is 12.1. The van der Waals surface area contributed by atoms with Gasteiger partial charge in [-0.25, -0.2) is 4.68 Å². The quantitative estimate of drug-likeness (QED) is 0.362. The van der Waals surface area contributed by atoms with Crippen LogP contribution < -0.4 is 10.6 Å². The number of methoxy groups -OCH3 is 1. The Bertz CT molecular complexity index is 626. The molecule has 1 aromatic heterocycles. The molecule has 7 nitrogen and oxygen atoms in total. The molecule has 0 aliphatic rings. The van der Waals surface area contributed by atoms with Gasteiger partial charge in [0, 0.05) is 46.2 Å². The van der Waals surface area contributed by atoms with Crippen molar-refractivity contribution in [3.05, 3.63) is 48.3 Å². The summed E-state index contributed by atoms with van der Waals surface area (Å²) in [5.41, 5.74) is 2.34. The van der Waals surface area contributed by atoms with Crippen molar-refractivity contribution in [1.29, 1.82) is 0 Å². The third-order valence-corrected chi connectivity index (χ3v) is 3.82. The minimum absolute atomic E-state index is 0.638. The summed E-state index contributed by atoms with van der Waals surface area (Å²) in [6.45, 7) is 3.65. The van der Waals surface area contributed by atoms with Crippen molar-refractivity contribution in [3.8, 4) is 5.69 Å². The molecule has 0 aliphatic carbocycles. The lowest BCUT2D eigenvalue weighted by atomic mass is 10.1. The minimum Gasteiger partial charge on any atom is -0.382 e. The summed E-state index contributed by atoms with van der Waals surface area (Å²) < 4.78 is 12.2. The van der Waals surface area contributed by atoms with Crippen molar-refractivity contribution in [2.24, 2.45) is 4.99 Å². The molecule has 2 aromatic rings. The number of hydrogen-bond donors (Lipinski definition) is 2. The van der Waals surface area contributed by atoms with E-state index in [1.165, 1.54) is 5.56 Å². The smallest absolute Gasteiger partial charge is 0.190 e. The SMILES string of the molecule is CN=C(NCCCOCCOC)NCCc1ccc(-n2cccn2)cc1. The monoisotopic (exact) mass is 359 g/mol. The predicted molar refractivity (Wildman–Crippen MR) is 104 cm³/mol. The Hall–Kier alpha value is -2.38. The summed E-state index contributed by atoms with van der Waals surface area (Å²) >= 11 is 0. The Balaban J connectivity index is 1.61. The van der Waals surface area contributed by atoms with Crippen LogP contribution in [0.2, 0.25) is 0 Å². The van der Waals surface area contributed by atoms with Gasteiger partial charge < -0.3 is 20.1 Å². The van der Waals surface area contributed by atoms with Crippen LogP contribution in [0.4, 0.5) is 0 Å². The van der Waals surface area contributed by atoms with E-state index in [1.807, 2.05) is 16.9 Å². The number of nitrogens with zero attached hydrogens (tertiary/aromatic N) is 3. The van der Waals surface area contributed by atoms with Gasteiger partial charge in [0.1, 0.15) is 0 Å². The number of benzene rings is 1. The molecule has 0 fully saturated rings. The van der Waals surface area contributed by atoms with E-state index in [0.29, 0.717) is 13.2 Å². The summed E-state index contributed by atoms with van der Waals surface area (Å²) in [4.78, 5) is 4.24. The first-order valence-electron chi connectivity index (χ1n) is 8.93. The van der Waals surface area contributed by atoms with Gasteiger partial charge in [-0.3, -0.25) is 4.99 Å². The molecule has 1 aromatic carbocycles. The summed E-state index contributed by atoms with van der Waals surface area (Å²) in [6.07, 6.45) is 5.58. The normalized spacial score (nSPS) is 11.5. The molecule has 0 saturated carbocycles. The van der Waals surface area contributed by atoms with Gasteiger partial charge in [-0.2, -0.15) is 5.10 Å². The molecule has 0 bridgehead atoms. The minimum atomic E-state index is 0.638. The fourth-order valence-corrected chi connectivity index (χ4v) is 2.41. The van der Waals surface area contributed by atoms with Gasteiger partial charge in [0.25, 0.3) is 0 Å². The highest BCUT2D eigenvalue weighted by molar-refractivity contribution is 5.79. The first-order chi connectivity index (χ1) is 12.8. The second-order valence-electron chi connectivity index (χ2n) is 5.75. The van der Waals surface area contributed by atoms with E-state index in [9.17, 15) is 0 Å². The highest BCUT2D eigenvalue weighted by Gasteiger charge is 2.00. The zero-order valence-corrected chi connectivity index (χ0v) is 15.6. The fourth-order valence-electron chi connectivity index (χ4n) is 2.41. The number of hydrogen-bond acceptors (Lipinski definition) is 4. The Kier molecular flexibility index (Phi) is 9.24. The molecular weight excluding hydrogens is 330 g/mol. The van der Waals surface area contributed by atoms with E-state index < -0.39 is 0 Å². The van der Waals surface area contributed by atoms with Gasteiger partial charge >= 0.3 is 0 Å². The maximum atomic E-state index is 5.43. The average Bonchev–Trinajstić information content (AvgIpc) is 3.21. The van der Waals surface area contributed by atoms with Crippen LogP contribution in [0.3, 0.4) is 0 Å². The number of ether oxygens (including phenoxy) is 2. The summed E-state index contributed by atoms with van der Waals surface area (Å²) in [7, 11) is 3.46. The molecule has 0 atom stereocenters. The van der Waals surface area contributed by atoms with Gasteiger partial charge in [0.15, 0.2) is 5.96 Å². The van der Waals surface area contributed by atoms with Gasteiger partial charge in [0.2, 0.25) is 0 Å². The second-order valence-corrected chi connectivity index (χ2v) is 5.75. The largest absolute Gasteiger partial charge is 0.382 e. The predicted octanol–water partition coefficient (Wildman–Crippen LogP) is 1.63. The van der Waals surface area contributed by atoms with Crippen molar-refractivity contribution >= 4 is 5.96 Å². The van der Waals surface area contributed by atoms with E-state index in [1.54, 1.807) is 20.4 Å². The van der Waals surface area contributed by atoms with E-state index in [0.717, 1.165) is 44.2 Å². The summed E-state index contributed by atoms with van der Waals surface area (Å²) in [5.74, 6) is 0.815. The van der Waals surface area contributed by atoms with Gasteiger partial charge in [0.05, 0.1) is 18.9 Å². The molecule has 0 radical (unpaired) electrons. The van der Waals surface area contributed by atoms with Crippen LogP contribution >= 0.6 is 0 Å². The number of nitrogens with one attached hydrogen (secondary N) is 2. The van der Waals surface area contributed by atoms with E-state index in [-0.39, 0.29) is 0 Å². The molecule has 0 amide bonds. The van der Waals surface area contributed by atoms with Crippen molar-refractivity contribution in [1.82, 2.24) is 20.4 Å². The molecule has 0 saturated heterocycles. The zero-order chi connectivity index (χ0) is 18.5. The molecule has 1 heterocycles. The Morgan fingerprint density at radius 3 is 2.62 bits per heavy atom. The Morgan fingerprint density at radius 2 is 1.92 bits per heavy atom.